The van der Waals surface area contributed by atoms with Gasteiger partial charge in [0.1, 0.15) is 35.9 Å². The molecule has 1 aliphatic carbocycles. The van der Waals surface area contributed by atoms with E-state index in [4.69, 9.17) is 28.4 Å². The summed E-state index contributed by atoms with van der Waals surface area (Å²) in [4.78, 5) is 11.7. The van der Waals surface area contributed by atoms with Crippen molar-refractivity contribution in [2.45, 2.75) is 73.8 Å². The fraction of sp³-hybridized carbons (Fsp3) is 0.457. The number of carboxylic acids is 1. The van der Waals surface area contributed by atoms with Crippen LogP contribution in [0.15, 0.2) is 48.5 Å². The molecule has 3 aromatic carbocycles. The Hall–Kier alpha value is -4.07. The first-order valence-electron chi connectivity index (χ1n) is 15.7. The third-order valence-corrected chi connectivity index (χ3v) is 10.0. The van der Waals surface area contributed by atoms with Crippen LogP contribution in [0.4, 0.5) is 0 Å². The third-order valence-electron chi connectivity index (χ3n) is 10.0. The summed E-state index contributed by atoms with van der Waals surface area (Å²) in [7, 11) is 3.14. The molecule has 1 saturated heterocycles. The van der Waals surface area contributed by atoms with Crippen molar-refractivity contribution in [2.24, 2.45) is 0 Å². The van der Waals surface area contributed by atoms with E-state index < -0.39 is 48.2 Å². The molecule has 0 radical (unpaired) electrons. The summed E-state index contributed by atoms with van der Waals surface area (Å²) >= 11 is 0. The highest BCUT2D eigenvalue weighted by atomic mass is 16.7. The maximum Gasteiger partial charge on any atom is 0.335 e. The van der Waals surface area contributed by atoms with Crippen LogP contribution in [0.1, 0.15) is 54.4 Å². The quantitative estimate of drug-likeness (QED) is 0.242. The number of fused-ring (bicyclic) bond motifs is 5. The summed E-state index contributed by atoms with van der Waals surface area (Å²) in [5, 5.41) is 51.3. The smallest absolute Gasteiger partial charge is 0.335 e. The Balaban J connectivity index is 1.34. The van der Waals surface area contributed by atoms with Crippen LogP contribution in [0.25, 0.3) is 11.1 Å². The lowest BCUT2D eigenvalue weighted by Crippen LogP contribution is -2.61. The van der Waals surface area contributed by atoms with Gasteiger partial charge in [0.05, 0.1) is 33.4 Å². The van der Waals surface area contributed by atoms with Crippen LogP contribution in [0, 0.1) is 0 Å². The molecule has 0 spiro atoms. The van der Waals surface area contributed by atoms with Crippen molar-refractivity contribution in [1.29, 1.82) is 0 Å². The van der Waals surface area contributed by atoms with Gasteiger partial charge in [-0.3, -0.25) is 0 Å². The Bertz CT molecular complexity index is 1650. The number of hydrogen-bond donors (Lipinski definition) is 5. The van der Waals surface area contributed by atoms with Gasteiger partial charge in [0.2, 0.25) is 12.0 Å². The SMILES string of the molecule is COc1cc(C2(CO)CCCC2)c2c(c1OC)O[C@@H]1c3c(cc(O[C@H]4O[C@H](C(=O)O)[C@@H](O)[C@H](O)[C@H]4O)cc3-c3ccccc3)OC[C@@H]21. The molecule has 4 aliphatic rings. The van der Waals surface area contributed by atoms with Gasteiger partial charge < -0.3 is 54.0 Å². The summed E-state index contributed by atoms with van der Waals surface area (Å²) in [6.45, 7) is 0.226. The second-order valence-corrected chi connectivity index (χ2v) is 12.6. The highest BCUT2D eigenvalue weighted by Crippen LogP contribution is 2.62. The standard InChI is InChI=1S/C35H38O12/c1-42-23-14-21(35(16-36)10-6-7-11-35)24-20-15-44-22-13-18(45-34-28(39)26(37)27(38)32(47-34)33(40)41)12-19(17-8-4-3-5-9-17)25(22)29(20)46-31(24)30(23)43-2/h3-5,8-9,12-14,20,26-29,32,34,36-39H,6-7,10-11,15-16H2,1-2H3,(H,40,41)/t20-,26-,27-,28+,29-,32-,34-/m0/s1. The van der Waals surface area contributed by atoms with Gasteiger partial charge in [-0.25, -0.2) is 4.79 Å². The Morgan fingerprint density at radius 1 is 0.957 bits per heavy atom. The second-order valence-electron chi connectivity index (χ2n) is 12.6. The van der Waals surface area contributed by atoms with E-state index in [1.807, 2.05) is 36.4 Å². The lowest BCUT2D eigenvalue weighted by Gasteiger charge is -2.38. The first kappa shape index (κ1) is 31.5. The first-order valence-corrected chi connectivity index (χ1v) is 15.7. The van der Waals surface area contributed by atoms with Crippen LogP contribution >= 0.6 is 0 Å². The van der Waals surface area contributed by atoms with Gasteiger partial charge >= 0.3 is 5.97 Å². The van der Waals surface area contributed by atoms with Crippen LogP contribution in [0.2, 0.25) is 0 Å². The average Bonchev–Trinajstić information content (AvgIpc) is 3.73. The summed E-state index contributed by atoms with van der Waals surface area (Å²) in [5.74, 6) is 0.407. The largest absolute Gasteiger partial charge is 0.493 e. The molecule has 12 nitrogen and oxygen atoms in total. The Morgan fingerprint density at radius 2 is 1.70 bits per heavy atom. The minimum Gasteiger partial charge on any atom is -0.493 e. The van der Waals surface area contributed by atoms with Crippen LogP contribution in [0.3, 0.4) is 0 Å². The van der Waals surface area contributed by atoms with Gasteiger partial charge in [-0.15, -0.1) is 0 Å². The molecule has 7 rings (SSSR count). The highest BCUT2D eigenvalue weighted by Gasteiger charge is 2.51. The number of ether oxygens (including phenoxy) is 6. The van der Waals surface area contributed by atoms with Crippen LogP contribution < -0.4 is 23.7 Å². The lowest BCUT2D eigenvalue weighted by atomic mass is 9.73. The number of carbonyl (C=O) groups is 1. The third kappa shape index (κ3) is 5.06. The molecular weight excluding hydrogens is 612 g/mol. The zero-order valence-corrected chi connectivity index (χ0v) is 26.0. The van der Waals surface area contributed by atoms with E-state index in [1.165, 1.54) is 0 Å². The molecule has 3 aliphatic heterocycles. The van der Waals surface area contributed by atoms with E-state index in [9.17, 15) is 30.3 Å². The number of aliphatic hydroxyl groups is 4. The molecule has 3 aromatic rings. The Labute approximate surface area is 271 Å². The number of aliphatic carboxylic acids is 1. The Morgan fingerprint density at radius 3 is 2.36 bits per heavy atom. The minimum absolute atomic E-state index is 0.0106. The zero-order chi connectivity index (χ0) is 33.0. The lowest BCUT2D eigenvalue weighted by molar-refractivity contribution is -0.271. The molecule has 0 amide bonds. The number of methoxy groups -OCH3 is 2. The molecule has 3 heterocycles. The van der Waals surface area contributed by atoms with Crippen LogP contribution in [-0.2, 0) is 14.9 Å². The number of hydrogen-bond acceptors (Lipinski definition) is 11. The molecule has 7 atom stereocenters. The molecule has 0 bridgehead atoms. The number of benzene rings is 3. The van der Waals surface area contributed by atoms with Gasteiger partial charge in [-0.05, 0) is 41.7 Å². The molecule has 0 unspecified atom stereocenters. The number of carboxylic acid groups (broad SMARTS) is 1. The van der Waals surface area contributed by atoms with Gasteiger partial charge in [-0.1, -0.05) is 43.2 Å². The summed E-state index contributed by atoms with van der Waals surface area (Å²) in [6.07, 6.45) is -5.64. The molecule has 2 fully saturated rings. The first-order chi connectivity index (χ1) is 22.7. The summed E-state index contributed by atoms with van der Waals surface area (Å²) in [5.41, 5.74) is 3.72. The van der Waals surface area contributed by atoms with Crippen molar-refractivity contribution >= 4 is 5.97 Å². The molecule has 12 heteroatoms. The predicted molar refractivity (Wildman–Crippen MR) is 165 cm³/mol. The van der Waals surface area contributed by atoms with Gasteiger partial charge in [0.25, 0.3) is 0 Å². The molecule has 250 valence electrons. The molecular formula is C35H38O12. The zero-order valence-electron chi connectivity index (χ0n) is 26.0. The molecule has 1 saturated carbocycles. The molecule has 5 N–H and O–H groups in total. The monoisotopic (exact) mass is 650 g/mol. The van der Waals surface area contributed by atoms with Crippen molar-refractivity contribution < 1.29 is 58.7 Å². The fourth-order valence-corrected chi connectivity index (χ4v) is 7.66. The van der Waals surface area contributed by atoms with Gasteiger partial charge in [0.15, 0.2) is 17.6 Å². The summed E-state index contributed by atoms with van der Waals surface area (Å²) < 4.78 is 36.2. The van der Waals surface area contributed by atoms with Crippen molar-refractivity contribution in [3.63, 3.8) is 0 Å². The molecule has 0 aromatic heterocycles. The van der Waals surface area contributed by atoms with E-state index in [0.29, 0.717) is 28.6 Å². The van der Waals surface area contributed by atoms with E-state index in [0.717, 1.165) is 47.9 Å². The van der Waals surface area contributed by atoms with Crippen molar-refractivity contribution in [3.05, 3.63) is 65.2 Å². The average molecular weight is 651 g/mol. The van der Waals surface area contributed by atoms with Crippen molar-refractivity contribution in [3.8, 4) is 39.9 Å². The van der Waals surface area contributed by atoms with E-state index in [1.54, 1.807) is 26.4 Å². The highest BCUT2D eigenvalue weighted by molar-refractivity contribution is 5.76. The minimum atomic E-state index is -1.85. The van der Waals surface area contributed by atoms with E-state index >= 15 is 0 Å². The second kappa shape index (κ2) is 12.2. The number of rotatable bonds is 8. The molecule has 47 heavy (non-hydrogen) atoms. The van der Waals surface area contributed by atoms with Crippen molar-refractivity contribution in [1.82, 2.24) is 0 Å². The Kier molecular flexibility index (Phi) is 8.17. The van der Waals surface area contributed by atoms with Crippen LogP contribution in [0.5, 0.6) is 28.7 Å². The normalized spacial score (nSPS) is 28.7. The maximum absolute atomic E-state index is 11.7. The number of aliphatic hydroxyl groups excluding tert-OH is 4. The van der Waals surface area contributed by atoms with Gasteiger partial charge in [-0.2, -0.15) is 0 Å². The maximum atomic E-state index is 11.7. The topological polar surface area (TPSA) is 174 Å². The van der Waals surface area contributed by atoms with E-state index in [2.05, 4.69) is 0 Å². The van der Waals surface area contributed by atoms with Crippen molar-refractivity contribution in [2.75, 3.05) is 27.4 Å². The van der Waals surface area contributed by atoms with E-state index in [-0.39, 0.29) is 24.9 Å². The van der Waals surface area contributed by atoms with Gasteiger partial charge in [0, 0.05) is 22.6 Å². The summed E-state index contributed by atoms with van der Waals surface area (Å²) in [6, 6.07) is 14.8. The fourth-order valence-electron chi connectivity index (χ4n) is 7.66. The van der Waals surface area contributed by atoms with Crippen LogP contribution in [-0.4, -0.2) is 89.6 Å². The predicted octanol–water partition coefficient (Wildman–Crippen LogP) is 3.06.